The lowest BCUT2D eigenvalue weighted by Crippen LogP contribution is -2.26. The van der Waals surface area contributed by atoms with Crippen LogP contribution in [-0.2, 0) is 0 Å². The van der Waals surface area contributed by atoms with E-state index >= 15 is 0 Å². The van der Waals surface area contributed by atoms with Crippen molar-refractivity contribution in [2.45, 2.75) is 6.10 Å². The molecule has 1 heterocycles. The zero-order valence-electron chi connectivity index (χ0n) is 8.09. The summed E-state index contributed by atoms with van der Waals surface area (Å²) in [5.41, 5.74) is 5.93. The molecular weight excluding hydrogens is 196 g/mol. The van der Waals surface area contributed by atoms with Gasteiger partial charge < -0.3 is 20.1 Å². The third-order valence-corrected chi connectivity index (χ3v) is 2.06. The van der Waals surface area contributed by atoms with Crippen molar-refractivity contribution in [2.24, 2.45) is 5.73 Å². The van der Waals surface area contributed by atoms with Crippen molar-refractivity contribution >= 4 is 11.0 Å². The number of hydrogen-bond acceptors (Lipinski definition) is 5. The lowest BCUT2D eigenvalue weighted by molar-refractivity contribution is 0.115. The molecule has 5 heteroatoms. The maximum Gasteiger partial charge on any atom is 0.170 e. The highest BCUT2D eigenvalue weighted by atomic mass is 16.5. The molecule has 1 atom stereocenters. The second-order valence-electron chi connectivity index (χ2n) is 3.19. The van der Waals surface area contributed by atoms with Crippen molar-refractivity contribution in [1.29, 1.82) is 0 Å². The number of nitrogens with two attached hydrogens (primary N) is 1. The molecule has 0 aliphatic heterocycles. The molecule has 0 radical (unpaired) electrons. The lowest BCUT2D eigenvalue weighted by Gasteiger charge is -2.10. The van der Waals surface area contributed by atoms with Gasteiger partial charge in [0.25, 0.3) is 0 Å². The minimum Gasteiger partial charge on any atom is -0.490 e. The van der Waals surface area contributed by atoms with E-state index in [1.54, 1.807) is 24.4 Å². The molecule has 0 aliphatic rings. The SMILES string of the molecule is NCC(O)COc1cccc2oncc12. The predicted molar refractivity (Wildman–Crippen MR) is 54.6 cm³/mol. The molecule has 0 spiro atoms. The Labute approximate surface area is 86.4 Å². The standard InChI is InChI=1S/C10H12N2O3/c11-4-7(13)6-14-9-2-1-3-10-8(9)5-12-15-10/h1-3,5,7,13H,4,6,11H2. The molecule has 0 bridgehead atoms. The first-order chi connectivity index (χ1) is 7.31. The van der Waals surface area contributed by atoms with Gasteiger partial charge in [0.05, 0.1) is 11.6 Å². The van der Waals surface area contributed by atoms with Gasteiger partial charge in [0, 0.05) is 6.54 Å². The van der Waals surface area contributed by atoms with Gasteiger partial charge in [0.2, 0.25) is 0 Å². The van der Waals surface area contributed by atoms with Gasteiger partial charge in [-0.25, -0.2) is 0 Å². The number of rotatable bonds is 4. The molecular formula is C10H12N2O3. The summed E-state index contributed by atoms with van der Waals surface area (Å²) in [5.74, 6) is 0.640. The van der Waals surface area contributed by atoms with Crippen LogP contribution in [0.25, 0.3) is 11.0 Å². The molecule has 0 saturated heterocycles. The van der Waals surface area contributed by atoms with Crippen LogP contribution in [0.15, 0.2) is 28.9 Å². The van der Waals surface area contributed by atoms with Gasteiger partial charge in [-0.1, -0.05) is 11.2 Å². The molecule has 0 fully saturated rings. The van der Waals surface area contributed by atoms with Crippen molar-refractivity contribution in [3.63, 3.8) is 0 Å². The van der Waals surface area contributed by atoms with Crippen LogP contribution in [0.5, 0.6) is 5.75 Å². The first-order valence-electron chi connectivity index (χ1n) is 4.65. The van der Waals surface area contributed by atoms with Crippen molar-refractivity contribution in [3.8, 4) is 5.75 Å². The molecule has 0 amide bonds. The molecule has 2 aromatic rings. The van der Waals surface area contributed by atoms with Crippen LogP contribution >= 0.6 is 0 Å². The van der Waals surface area contributed by atoms with Gasteiger partial charge in [0.1, 0.15) is 18.5 Å². The lowest BCUT2D eigenvalue weighted by atomic mass is 10.2. The molecule has 15 heavy (non-hydrogen) atoms. The van der Waals surface area contributed by atoms with E-state index in [1.165, 1.54) is 0 Å². The number of aromatic nitrogens is 1. The summed E-state index contributed by atoms with van der Waals surface area (Å²) in [5, 5.41) is 13.7. The minimum atomic E-state index is -0.653. The first-order valence-corrected chi connectivity index (χ1v) is 4.65. The first kappa shape index (κ1) is 9.95. The topological polar surface area (TPSA) is 81.5 Å². The van der Waals surface area contributed by atoms with E-state index in [-0.39, 0.29) is 13.2 Å². The Morgan fingerprint density at radius 3 is 3.20 bits per heavy atom. The number of aliphatic hydroxyl groups excluding tert-OH is 1. The second kappa shape index (κ2) is 4.29. The van der Waals surface area contributed by atoms with Crippen molar-refractivity contribution in [3.05, 3.63) is 24.4 Å². The Kier molecular flexibility index (Phi) is 2.84. The summed E-state index contributed by atoms with van der Waals surface area (Å²) in [4.78, 5) is 0. The zero-order valence-corrected chi connectivity index (χ0v) is 8.09. The van der Waals surface area contributed by atoms with Gasteiger partial charge >= 0.3 is 0 Å². The molecule has 5 nitrogen and oxygen atoms in total. The molecule has 3 N–H and O–H groups in total. The van der Waals surface area contributed by atoms with Crippen LogP contribution in [-0.4, -0.2) is 29.5 Å². The maximum atomic E-state index is 9.25. The average molecular weight is 208 g/mol. The van der Waals surface area contributed by atoms with Crippen molar-refractivity contribution in [1.82, 2.24) is 5.16 Å². The highest BCUT2D eigenvalue weighted by Crippen LogP contribution is 2.24. The van der Waals surface area contributed by atoms with Gasteiger partial charge in [-0.2, -0.15) is 0 Å². The fourth-order valence-corrected chi connectivity index (χ4v) is 1.25. The van der Waals surface area contributed by atoms with Crippen LogP contribution in [0.3, 0.4) is 0 Å². The third-order valence-electron chi connectivity index (χ3n) is 2.06. The second-order valence-corrected chi connectivity index (χ2v) is 3.19. The number of fused-ring (bicyclic) bond motifs is 1. The van der Waals surface area contributed by atoms with Gasteiger partial charge in [-0.3, -0.25) is 0 Å². The number of ether oxygens (including phenoxy) is 1. The highest BCUT2D eigenvalue weighted by Gasteiger charge is 2.07. The minimum absolute atomic E-state index is 0.167. The molecule has 80 valence electrons. The fraction of sp³-hybridized carbons (Fsp3) is 0.300. The van der Waals surface area contributed by atoms with Crippen LogP contribution in [0.4, 0.5) is 0 Å². The predicted octanol–water partition coefficient (Wildman–Crippen LogP) is 0.526. The third kappa shape index (κ3) is 2.08. The van der Waals surface area contributed by atoms with Crippen LogP contribution in [0.1, 0.15) is 0 Å². The fourth-order valence-electron chi connectivity index (χ4n) is 1.25. The summed E-state index contributed by atoms with van der Waals surface area (Å²) < 4.78 is 10.4. The Morgan fingerprint density at radius 1 is 1.53 bits per heavy atom. The van der Waals surface area contributed by atoms with E-state index in [2.05, 4.69) is 5.16 Å². The van der Waals surface area contributed by atoms with Crippen molar-refractivity contribution in [2.75, 3.05) is 13.2 Å². The molecule has 0 saturated carbocycles. The van der Waals surface area contributed by atoms with E-state index in [0.29, 0.717) is 11.3 Å². The number of hydrogen-bond donors (Lipinski definition) is 2. The Morgan fingerprint density at radius 2 is 2.40 bits per heavy atom. The maximum absolute atomic E-state index is 9.25. The van der Waals surface area contributed by atoms with E-state index in [4.69, 9.17) is 15.0 Å². The smallest absolute Gasteiger partial charge is 0.170 e. The Balaban J connectivity index is 2.17. The van der Waals surface area contributed by atoms with Gasteiger partial charge in [0.15, 0.2) is 5.58 Å². The van der Waals surface area contributed by atoms with Crippen LogP contribution < -0.4 is 10.5 Å². The molecule has 1 aromatic carbocycles. The molecule has 1 unspecified atom stereocenters. The number of aliphatic hydroxyl groups is 1. The normalized spacial score (nSPS) is 12.9. The Bertz CT molecular complexity index is 441. The summed E-state index contributed by atoms with van der Waals surface area (Å²) in [7, 11) is 0. The van der Waals surface area contributed by atoms with Gasteiger partial charge in [-0.05, 0) is 12.1 Å². The number of nitrogens with zero attached hydrogens (tertiary/aromatic N) is 1. The van der Waals surface area contributed by atoms with Crippen LogP contribution in [0, 0.1) is 0 Å². The summed E-state index contributed by atoms with van der Waals surface area (Å²) in [6.07, 6.45) is 0.930. The molecule has 1 aromatic heterocycles. The van der Waals surface area contributed by atoms with Crippen LogP contribution in [0.2, 0.25) is 0 Å². The van der Waals surface area contributed by atoms with E-state index < -0.39 is 6.10 Å². The summed E-state index contributed by atoms with van der Waals surface area (Å²) in [6.45, 7) is 0.348. The molecule has 0 aliphatic carbocycles. The highest BCUT2D eigenvalue weighted by molar-refractivity contribution is 5.82. The van der Waals surface area contributed by atoms with E-state index in [9.17, 15) is 5.11 Å². The number of benzene rings is 1. The molecule has 2 rings (SSSR count). The largest absolute Gasteiger partial charge is 0.490 e. The van der Waals surface area contributed by atoms with E-state index in [0.717, 1.165) is 5.39 Å². The average Bonchev–Trinajstić information content (AvgIpc) is 2.74. The Hall–Kier alpha value is -1.59. The monoisotopic (exact) mass is 208 g/mol. The van der Waals surface area contributed by atoms with Crippen molar-refractivity contribution < 1.29 is 14.4 Å². The van der Waals surface area contributed by atoms with E-state index in [1.807, 2.05) is 0 Å². The quantitative estimate of drug-likeness (QED) is 0.765. The zero-order chi connectivity index (χ0) is 10.7. The van der Waals surface area contributed by atoms with Gasteiger partial charge in [-0.15, -0.1) is 0 Å². The summed E-state index contributed by atoms with van der Waals surface area (Å²) >= 11 is 0. The summed E-state index contributed by atoms with van der Waals surface area (Å²) in [6, 6.07) is 5.40.